The largest absolute Gasteiger partial charge is 0.0951 e. The molecule has 0 nitrogen and oxygen atoms in total. The van der Waals surface area contributed by atoms with E-state index < -0.39 is 0 Å². The number of hydrogen-bond acceptors (Lipinski definition) is 0. The summed E-state index contributed by atoms with van der Waals surface area (Å²) in [5, 5.41) is 0. The highest BCUT2D eigenvalue weighted by Crippen LogP contribution is 2.29. The van der Waals surface area contributed by atoms with E-state index in [0.717, 1.165) is 11.5 Å². The second-order valence-electron chi connectivity index (χ2n) is 6.82. The summed E-state index contributed by atoms with van der Waals surface area (Å²) in [5.74, 6) is 14.4. The van der Waals surface area contributed by atoms with Crippen LogP contribution in [-0.4, -0.2) is 0 Å². The molecule has 0 spiro atoms. The lowest BCUT2D eigenvalue weighted by Crippen LogP contribution is -2.12. The molecule has 1 aliphatic rings. The molecule has 0 atom stereocenters. The van der Waals surface area contributed by atoms with Crippen molar-refractivity contribution in [3.63, 3.8) is 0 Å². The van der Waals surface area contributed by atoms with Crippen LogP contribution in [0.5, 0.6) is 0 Å². The Morgan fingerprint density at radius 1 is 0.958 bits per heavy atom. The van der Waals surface area contributed by atoms with Crippen LogP contribution in [0.15, 0.2) is 36.4 Å². The number of unbranched alkanes of at least 4 members (excludes halogenated alkanes) is 1. The normalized spacial score (nSPS) is 20.1. The molecule has 1 fully saturated rings. The summed E-state index contributed by atoms with van der Waals surface area (Å²) in [6.07, 6.45) is 14.0. The minimum Gasteiger partial charge on any atom is -0.0951 e. The lowest BCUT2D eigenvalue weighted by molar-refractivity contribution is 0.309. The molecule has 126 valence electrons. The number of benzene rings is 1. The Kier molecular flexibility index (Phi) is 8.27. The van der Waals surface area contributed by atoms with Gasteiger partial charge in [-0.1, -0.05) is 62.5 Å². The summed E-state index contributed by atoms with van der Waals surface area (Å²) >= 11 is 0. The van der Waals surface area contributed by atoms with Gasteiger partial charge in [0.05, 0.1) is 0 Å². The maximum atomic E-state index is 3.39. The van der Waals surface area contributed by atoms with E-state index in [0.29, 0.717) is 5.92 Å². The molecule has 24 heavy (non-hydrogen) atoms. The highest BCUT2D eigenvalue weighted by molar-refractivity contribution is 5.39. The Labute approximate surface area is 148 Å². The Morgan fingerprint density at radius 2 is 1.67 bits per heavy atom. The maximum absolute atomic E-state index is 3.39. The van der Waals surface area contributed by atoms with Crippen LogP contribution in [-0.2, 0) is 6.42 Å². The van der Waals surface area contributed by atoms with Crippen LogP contribution in [0.2, 0.25) is 0 Å². The van der Waals surface area contributed by atoms with Gasteiger partial charge < -0.3 is 0 Å². The van der Waals surface area contributed by atoms with E-state index in [9.17, 15) is 0 Å². The number of allylic oxidation sites excluding steroid dienone is 2. The average Bonchev–Trinajstić information content (AvgIpc) is 2.64. The van der Waals surface area contributed by atoms with Gasteiger partial charge in [0.1, 0.15) is 0 Å². The molecular weight excluding hydrogens is 288 g/mol. The standard InChI is InChI=1S/C24H30/c1-3-5-10-22-17-19-24(20-18-22)12-9-7-6-8-11-23-15-13-21(4-2)14-16-23/h6-7,17-21,23H,3-5,10,13-16H2,1-2H3. The van der Waals surface area contributed by atoms with Gasteiger partial charge in [0, 0.05) is 11.5 Å². The fourth-order valence-electron chi connectivity index (χ4n) is 3.22. The van der Waals surface area contributed by atoms with Crippen molar-refractivity contribution >= 4 is 0 Å². The summed E-state index contributed by atoms with van der Waals surface area (Å²) in [6, 6.07) is 8.61. The molecule has 0 heteroatoms. The van der Waals surface area contributed by atoms with Crippen molar-refractivity contribution in [1.82, 2.24) is 0 Å². The monoisotopic (exact) mass is 318 g/mol. The Bertz CT molecular complexity index is 617. The molecule has 0 radical (unpaired) electrons. The molecule has 0 N–H and O–H groups in total. The van der Waals surface area contributed by atoms with Gasteiger partial charge in [-0.05, 0) is 74.3 Å². The molecule has 0 unspecified atom stereocenters. The summed E-state index contributed by atoms with van der Waals surface area (Å²) in [4.78, 5) is 0. The molecule has 1 aromatic carbocycles. The fourth-order valence-corrected chi connectivity index (χ4v) is 3.22. The molecule has 0 aromatic heterocycles. The first-order chi connectivity index (χ1) is 11.8. The lowest BCUT2D eigenvalue weighted by atomic mass is 9.81. The van der Waals surface area contributed by atoms with Crippen molar-refractivity contribution in [2.75, 3.05) is 0 Å². The first kappa shape index (κ1) is 18.4. The second kappa shape index (κ2) is 10.8. The second-order valence-corrected chi connectivity index (χ2v) is 6.82. The first-order valence-electron chi connectivity index (χ1n) is 9.58. The zero-order valence-corrected chi connectivity index (χ0v) is 15.3. The lowest BCUT2D eigenvalue weighted by Gasteiger charge is -2.24. The van der Waals surface area contributed by atoms with Crippen LogP contribution in [0.25, 0.3) is 0 Å². The van der Waals surface area contributed by atoms with E-state index in [-0.39, 0.29) is 0 Å². The topological polar surface area (TPSA) is 0 Å². The SMILES string of the molecule is CCCCc1ccc(C#CC=CC#CC2CCC(CC)CC2)cc1. The van der Waals surface area contributed by atoms with Crippen LogP contribution in [0, 0.1) is 35.5 Å². The van der Waals surface area contributed by atoms with Crippen LogP contribution >= 0.6 is 0 Å². The van der Waals surface area contributed by atoms with E-state index in [1.54, 1.807) is 0 Å². The fraction of sp³-hybridized carbons (Fsp3) is 0.500. The van der Waals surface area contributed by atoms with Crippen molar-refractivity contribution in [1.29, 1.82) is 0 Å². The van der Waals surface area contributed by atoms with Gasteiger partial charge in [0.25, 0.3) is 0 Å². The molecular formula is C24H30. The predicted molar refractivity (Wildman–Crippen MR) is 105 cm³/mol. The molecule has 1 aromatic rings. The summed E-state index contributed by atoms with van der Waals surface area (Å²) < 4.78 is 0. The first-order valence-corrected chi connectivity index (χ1v) is 9.58. The average molecular weight is 319 g/mol. The van der Waals surface area contributed by atoms with E-state index in [2.05, 4.69) is 61.8 Å². The van der Waals surface area contributed by atoms with Gasteiger partial charge in [-0.25, -0.2) is 0 Å². The summed E-state index contributed by atoms with van der Waals surface area (Å²) in [6.45, 7) is 4.53. The Balaban J connectivity index is 1.77. The smallest absolute Gasteiger partial charge is 0.0249 e. The molecule has 0 aliphatic heterocycles. The summed E-state index contributed by atoms with van der Waals surface area (Å²) in [7, 11) is 0. The highest BCUT2D eigenvalue weighted by atomic mass is 14.2. The molecule has 0 amide bonds. The summed E-state index contributed by atoms with van der Waals surface area (Å²) in [5.41, 5.74) is 2.48. The molecule has 1 saturated carbocycles. The predicted octanol–water partition coefficient (Wildman–Crippen LogP) is 6.16. The molecule has 1 aliphatic carbocycles. The molecule has 2 rings (SSSR count). The van der Waals surface area contributed by atoms with Crippen molar-refractivity contribution in [2.45, 2.75) is 65.2 Å². The van der Waals surface area contributed by atoms with Crippen molar-refractivity contribution in [3.8, 4) is 23.7 Å². The molecule has 0 bridgehead atoms. The van der Waals surface area contributed by atoms with E-state index in [4.69, 9.17) is 0 Å². The van der Waals surface area contributed by atoms with E-state index >= 15 is 0 Å². The van der Waals surface area contributed by atoms with Crippen molar-refractivity contribution in [3.05, 3.63) is 47.5 Å². The van der Waals surface area contributed by atoms with Gasteiger partial charge >= 0.3 is 0 Å². The minimum absolute atomic E-state index is 0.598. The number of rotatable bonds is 4. The number of hydrogen-bond donors (Lipinski definition) is 0. The van der Waals surface area contributed by atoms with Crippen molar-refractivity contribution < 1.29 is 0 Å². The van der Waals surface area contributed by atoms with Gasteiger partial charge in [0.15, 0.2) is 0 Å². The van der Waals surface area contributed by atoms with Crippen molar-refractivity contribution in [2.24, 2.45) is 11.8 Å². The van der Waals surface area contributed by atoms with Crippen LogP contribution in [0.1, 0.15) is 69.9 Å². The van der Waals surface area contributed by atoms with Crippen LogP contribution in [0.3, 0.4) is 0 Å². The van der Waals surface area contributed by atoms with Crippen LogP contribution < -0.4 is 0 Å². The van der Waals surface area contributed by atoms with E-state index in [1.807, 2.05) is 12.2 Å². The third-order valence-electron chi connectivity index (χ3n) is 4.95. The highest BCUT2D eigenvalue weighted by Gasteiger charge is 2.17. The Hall–Kier alpha value is -1.92. The maximum Gasteiger partial charge on any atom is 0.0249 e. The number of aryl methyl sites for hydroxylation is 1. The van der Waals surface area contributed by atoms with Gasteiger partial charge in [0.2, 0.25) is 0 Å². The zero-order chi connectivity index (χ0) is 17.0. The molecule has 0 saturated heterocycles. The minimum atomic E-state index is 0.598. The van der Waals surface area contributed by atoms with Gasteiger partial charge in [-0.15, -0.1) is 0 Å². The molecule has 0 heterocycles. The third kappa shape index (κ3) is 6.68. The Morgan fingerprint density at radius 3 is 2.33 bits per heavy atom. The van der Waals surface area contributed by atoms with Gasteiger partial charge in [-0.3, -0.25) is 0 Å². The van der Waals surface area contributed by atoms with Crippen LogP contribution in [0.4, 0.5) is 0 Å². The quantitative estimate of drug-likeness (QED) is 0.583. The van der Waals surface area contributed by atoms with E-state index in [1.165, 1.54) is 56.9 Å². The third-order valence-corrected chi connectivity index (χ3v) is 4.95. The van der Waals surface area contributed by atoms with Gasteiger partial charge in [-0.2, -0.15) is 0 Å². The zero-order valence-electron chi connectivity index (χ0n) is 15.3.